The molecule has 1 aromatic carbocycles. The molecule has 30 heavy (non-hydrogen) atoms. The van der Waals surface area contributed by atoms with Gasteiger partial charge in [-0.05, 0) is 30.7 Å². The Morgan fingerprint density at radius 2 is 1.40 bits per heavy atom. The van der Waals surface area contributed by atoms with Gasteiger partial charge in [-0.2, -0.15) is 0 Å². The average molecular weight is 480 g/mol. The quantitative estimate of drug-likeness (QED) is 0.146. The molecular weight excluding hydrogens is 443 g/mol. The lowest BCUT2D eigenvalue weighted by Gasteiger charge is -2.27. The van der Waals surface area contributed by atoms with Crippen molar-refractivity contribution in [1.29, 1.82) is 0 Å². The first-order chi connectivity index (χ1) is 14.4. The summed E-state index contributed by atoms with van der Waals surface area (Å²) in [5.41, 5.74) is 0.724. The molecule has 0 aromatic heterocycles. The zero-order chi connectivity index (χ0) is 22.2. The largest absolute Gasteiger partial charge is 0.497 e. The van der Waals surface area contributed by atoms with E-state index < -0.39 is 9.96 Å². The van der Waals surface area contributed by atoms with Crippen LogP contribution in [-0.4, -0.2) is 23.0 Å². The van der Waals surface area contributed by atoms with Crippen LogP contribution in [0.5, 0.6) is 5.75 Å². The minimum Gasteiger partial charge on any atom is -0.497 e. The Morgan fingerprint density at radius 3 is 1.87 bits per heavy atom. The third-order valence-electron chi connectivity index (χ3n) is 5.04. The lowest BCUT2D eigenvalue weighted by Crippen LogP contribution is -2.49. The number of rotatable bonds is 16. The van der Waals surface area contributed by atoms with Crippen molar-refractivity contribution in [2.24, 2.45) is 0 Å². The minimum absolute atomic E-state index is 0.122. The van der Waals surface area contributed by atoms with Gasteiger partial charge >= 0.3 is 0 Å². The third-order valence-corrected chi connectivity index (χ3v) is 5.70. The van der Waals surface area contributed by atoms with E-state index in [0.29, 0.717) is 6.42 Å². The van der Waals surface area contributed by atoms with E-state index in [1.54, 1.807) is 31.4 Å². The topological polar surface area (TPSA) is 50.4 Å². The molecule has 1 amide bonds. The lowest BCUT2D eigenvalue weighted by atomic mass is 10.1. The summed E-state index contributed by atoms with van der Waals surface area (Å²) in [5.74, 6) is 0.606. The van der Waals surface area contributed by atoms with Crippen molar-refractivity contribution in [2.75, 3.05) is 12.4 Å². The number of nitrogens with one attached hydrogen (secondary N) is 2. The molecule has 0 aliphatic heterocycles. The second-order valence-electron chi connectivity index (χ2n) is 7.70. The number of carbonyl (C=O) groups excluding carboxylic acids is 1. The maximum absolute atomic E-state index is 12.3. The Hall–Kier alpha value is -0.840. The molecule has 1 atom stereocenters. The first kappa shape index (κ1) is 27.2. The Balaban J connectivity index is 2.23. The molecule has 0 heterocycles. The summed E-state index contributed by atoms with van der Waals surface area (Å²) in [4.78, 5) is 12.3. The second kappa shape index (κ2) is 15.9. The van der Waals surface area contributed by atoms with Gasteiger partial charge in [-0.25, -0.2) is 0 Å². The van der Waals surface area contributed by atoms with E-state index in [1.807, 2.05) is 0 Å². The Bertz CT molecular complexity index is 577. The Morgan fingerprint density at radius 1 is 0.900 bits per heavy atom. The fraction of sp³-hybridized carbons (Fsp3) is 0.696. The number of hydrogen-bond donors (Lipinski definition) is 2. The standard InChI is InChI=1S/C23H37Cl3N2O2/c1-3-4-5-6-7-8-9-10-11-12-13-14-21(29)28-22(23(24,25)26)27-19-15-17-20(30-2)18-16-19/h15-18,22,27H,3-14H2,1-2H3,(H,28,29)/t22-/m1/s1. The van der Waals surface area contributed by atoms with E-state index >= 15 is 0 Å². The number of halogens is 3. The molecule has 7 heteroatoms. The summed E-state index contributed by atoms with van der Waals surface area (Å²) in [6.07, 6.45) is 13.3. The van der Waals surface area contributed by atoms with Gasteiger partial charge in [0.25, 0.3) is 0 Å². The van der Waals surface area contributed by atoms with Gasteiger partial charge in [-0.1, -0.05) is 106 Å². The first-order valence-corrected chi connectivity index (χ1v) is 12.3. The molecule has 0 saturated heterocycles. The van der Waals surface area contributed by atoms with Crippen LogP contribution < -0.4 is 15.4 Å². The van der Waals surface area contributed by atoms with Crippen LogP contribution in [0, 0.1) is 0 Å². The fourth-order valence-electron chi connectivity index (χ4n) is 3.24. The molecule has 0 unspecified atom stereocenters. The lowest BCUT2D eigenvalue weighted by molar-refractivity contribution is -0.121. The van der Waals surface area contributed by atoms with Gasteiger partial charge in [-0.15, -0.1) is 0 Å². The van der Waals surface area contributed by atoms with Crippen LogP contribution >= 0.6 is 34.8 Å². The highest BCUT2D eigenvalue weighted by Crippen LogP contribution is 2.31. The predicted molar refractivity (Wildman–Crippen MR) is 130 cm³/mol. The molecular formula is C23H37Cl3N2O2. The van der Waals surface area contributed by atoms with Crippen molar-refractivity contribution in [3.05, 3.63) is 24.3 Å². The summed E-state index contributed by atoms with van der Waals surface area (Å²) in [6.45, 7) is 2.25. The van der Waals surface area contributed by atoms with Crippen LogP contribution in [0.15, 0.2) is 24.3 Å². The van der Waals surface area contributed by atoms with E-state index in [4.69, 9.17) is 39.5 Å². The SMILES string of the molecule is CCCCCCCCCCCCCC(=O)N[C@@H](Nc1ccc(OC)cc1)C(Cl)(Cl)Cl. The van der Waals surface area contributed by atoms with Crippen molar-refractivity contribution in [3.63, 3.8) is 0 Å². The number of carbonyl (C=O) groups is 1. The molecule has 0 aliphatic carbocycles. The Labute approximate surface area is 197 Å². The summed E-state index contributed by atoms with van der Waals surface area (Å²) in [6, 6.07) is 7.20. The maximum Gasteiger partial charge on any atom is 0.228 e. The highest BCUT2D eigenvalue weighted by atomic mass is 35.6. The molecule has 2 N–H and O–H groups in total. The van der Waals surface area contributed by atoms with Crippen molar-refractivity contribution in [2.45, 2.75) is 93.9 Å². The first-order valence-electron chi connectivity index (χ1n) is 11.1. The summed E-state index contributed by atoms with van der Waals surface area (Å²) in [7, 11) is 1.60. The number of anilines is 1. The fourth-order valence-corrected chi connectivity index (χ4v) is 3.56. The van der Waals surface area contributed by atoms with Gasteiger partial charge < -0.3 is 15.4 Å². The van der Waals surface area contributed by atoms with Crippen molar-refractivity contribution < 1.29 is 9.53 Å². The van der Waals surface area contributed by atoms with Gasteiger partial charge in [0.05, 0.1) is 7.11 Å². The van der Waals surface area contributed by atoms with Crippen LogP contribution in [0.2, 0.25) is 0 Å². The number of ether oxygens (including phenoxy) is 1. The van der Waals surface area contributed by atoms with Crippen LogP contribution in [0.1, 0.15) is 84.0 Å². The van der Waals surface area contributed by atoms with Crippen molar-refractivity contribution in [3.8, 4) is 5.75 Å². The van der Waals surface area contributed by atoms with Crippen molar-refractivity contribution >= 4 is 46.4 Å². The summed E-state index contributed by atoms with van der Waals surface area (Å²) >= 11 is 18.2. The molecule has 0 radical (unpaired) electrons. The van der Waals surface area contributed by atoms with Gasteiger partial charge in [0.1, 0.15) is 11.9 Å². The van der Waals surface area contributed by atoms with Crippen LogP contribution in [0.25, 0.3) is 0 Å². The van der Waals surface area contributed by atoms with Gasteiger partial charge in [0.15, 0.2) is 0 Å². The number of methoxy groups -OCH3 is 1. The van der Waals surface area contributed by atoms with Gasteiger partial charge in [0.2, 0.25) is 9.70 Å². The van der Waals surface area contributed by atoms with E-state index in [2.05, 4.69) is 17.6 Å². The van der Waals surface area contributed by atoms with E-state index in [0.717, 1.165) is 24.3 Å². The maximum atomic E-state index is 12.3. The highest BCUT2D eigenvalue weighted by molar-refractivity contribution is 6.68. The van der Waals surface area contributed by atoms with E-state index in [9.17, 15) is 4.79 Å². The van der Waals surface area contributed by atoms with Crippen LogP contribution in [0.3, 0.4) is 0 Å². The number of benzene rings is 1. The van der Waals surface area contributed by atoms with Crippen LogP contribution in [-0.2, 0) is 4.79 Å². The number of alkyl halides is 3. The molecule has 0 bridgehead atoms. The zero-order valence-electron chi connectivity index (χ0n) is 18.3. The van der Waals surface area contributed by atoms with E-state index in [-0.39, 0.29) is 5.91 Å². The second-order valence-corrected chi connectivity index (χ2v) is 10.1. The third kappa shape index (κ3) is 12.8. The summed E-state index contributed by atoms with van der Waals surface area (Å²) < 4.78 is 3.46. The van der Waals surface area contributed by atoms with Crippen LogP contribution in [0.4, 0.5) is 5.69 Å². The van der Waals surface area contributed by atoms with Gasteiger partial charge in [-0.3, -0.25) is 4.79 Å². The molecule has 0 fully saturated rings. The molecule has 1 aromatic rings. The molecule has 0 aliphatic rings. The zero-order valence-corrected chi connectivity index (χ0v) is 20.6. The molecule has 1 rings (SSSR count). The molecule has 0 spiro atoms. The monoisotopic (exact) mass is 478 g/mol. The van der Waals surface area contributed by atoms with E-state index in [1.165, 1.54) is 57.8 Å². The number of unbranched alkanes of at least 4 members (excludes halogenated alkanes) is 10. The minimum atomic E-state index is -1.67. The predicted octanol–water partition coefficient (Wildman–Crippen LogP) is 7.62. The van der Waals surface area contributed by atoms with Gasteiger partial charge in [0, 0.05) is 12.1 Å². The molecule has 172 valence electrons. The number of hydrogen-bond acceptors (Lipinski definition) is 3. The van der Waals surface area contributed by atoms with Crippen molar-refractivity contribution in [1.82, 2.24) is 5.32 Å². The smallest absolute Gasteiger partial charge is 0.228 e. The number of amides is 1. The normalized spacial score (nSPS) is 12.4. The Kier molecular flexibility index (Phi) is 14.4. The highest BCUT2D eigenvalue weighted by Gasteiger charge is 2.33. The molecule has 0 saturated carbocycles. The average Bonchev–Trinajstić information content (AvgIpc) is 2.71. The summed E-state index contributed by atoms with van der Waals surface area (Å²) in [5, 5.41) is 5.85. The molecule has 4 nitrogen and oxygen atoms in total.